The molecular formula is C4H4LiN2. The van der Waals surface area contributed by atoms with Crippen LogP contribution in [0.5, 0.6) is 0 Å². The first-order chi connectivity index (χ1) is 3.00. The Kier molecular flexibility index (Phi) is 3.68. The Labute approximate surface area is 54.2 Å². The molecule has 1 radical (unpaired) electrons. The summed E-state index contributed by atoms with van der Waals surface area (Å²) in [5.74, 6) is 0. The molecule has 0 unspecified atom stereocenters. The third kappa shape index (κ3) is 2.38. The minimum Gasteiger partial charge on any atom is -0.262 e. The minimum absolute atomic E-state index is 0. The van der Waals surface area contributed by atoms with Gasteiger partial charge in [-0.15, -0.1) is 0 Å². The van der Waals surface area contributed by atoms with Crippen LogP contribution in [0.3, 0.4) is 0 Å². The monoisotopic (exact) mass is 87.1 g/mol. The first kappa shape index (κ1) is 6.68. The quantitative estimate of drug-likeness (QED) is 0.419. The predicted molar refractivity (Wildman–Crippen MR) is 27.8 cm³/mol. The zero-order chi connectivity index (χ0) is 4.24. The van der Waals surface area contributed by atoms with E-state index in [0.717, 1.165) is 0 Å². The second-order valence-electron chi connectivity index (χ2n) is 0.894. The third-order valence-electron chi connectivity index (χ3n) is 0.478. The summed E-state index contributed by atoms with van der Waals surface area (Å²) in [4.78, 5) is 7.44. The van der Waals surface area contributed by atoms with Crippen LogP contribution in [0, 0.1) is 0 Å². The molecule has 3 heteroatoms. The standard InChI is InChI=1S/C4H4N2.Li/c1-2-6-4-3-5-1;/h1-4H;. The van der Waals surface area contributed by atoms with Gasteiger partial charge in [0.1, 0.15) is 0 Å². The van der Waals surface area contributed by atoms with Crippen LogP contribution >= 0.6 is 0 Å². The Balaban J connectivity index is 0.000000360. The van der Waals surface area contributed by atoms with Gasteiger partial charge in [-0.3, -0.25) is 9.97 Å². The van der Waals surface area contributed by atoms with Crippen molar-refractivity contribution in [3.63, 3.8) is 0 Å². The first-order valence-corrected chi connectivity index (χ1v) is 1.70. The van der Waals surface area contributed by atoms with Crippen molar-refractivity contribution in [2.75, 3.05) is 0 Å². The predicted octanol–water partition coefficient (Wildman–Crippen LogP) is 0.0958. The van der Waals surface area contributed by atoms with Gasteiger partial charge in [-0.05, 0) is 0 Å². The van der Waals surface area contributed by atoms with E-state index < -0.39 is 0 Å². The van der Waals surface area contributed by atoms with E-state index in [0.29, 0.717) is 0 Å². The molecule has 1 aromatic rings. The van der Waals surface area contributed by atoms with Crippen molar-refractivity contribution >= 4 is 18.9 Å². The van der Waals surface area contributed by atoms with Gasteiger partial charge in [0.2, 0.25) is 0 Å². The molecule has 0 bridgehead atoms. The molecule has 0 saturated heterocycles. The fourth-order valence-electron chi connectivity index (χ4n) is 0.253. The first-order valence-electron chi connectivity index (χ1n) is 1.70. The van der Waals surface area contributed by atoms with Crippen molar-refractivity contribution < 1.29 is 0 Å². The zero-order valence-electron chi connectivity index (χ0n) is 4.20. The molecule has 1 aromatic heterocycles. The van der Waals surface area contributed by atoms with Gasteiger partial charge < -0.3 is 0 Å². The smallest absolute Gasteiger partial charge is 0.0451 e. The Morgan fingerprint density at radius 3 is 1.14 bits per heavy atom. The van der Waals surface area contributed by atoms with Crippen LogP contribution in [-0.4, -0.2) is 28.8 Å². The summed E-state index contributed by atoms with van der Waals surface area (Å²) in [5.41, 5.74) is 0. The molecule has 0 N–H and O–H groups in total. The molecular weight excluding hydrogens is 83.0 g/mol. The summed E-state index contributed by atoms with van der Waals surface area (Å²) in [6.07, 6.45) is 6.56. The molecule has 0 fully saturated rings. The normalized spacial score (nSPS) is 6.86. The van der Waals surface area contributed by atoms with Crippen molar-refractivity contribution in [2.45, 2.75) is 0 Å². The van der Waals surface area contributed by atoms with Crippen LogP contribution in [0.15, 0.2) is 24.8 Å². The Hall–Kier alpha value is -0.323. The fourth-order valence-corrected chi connectivity index (χ4v) is 0.253. The Bertz CT molecular complexity index is 81.6. The Morgan fingerprint density at radius 2 is 1.00 bits per heavy atom. The van der Waals surface area contributed by atoms with Gasteiger partial charge >= 0.3 is 0 Å². The largest absolute Gasteiger partial charge is 0.262 e. The van der Waals surface area contributed by atoms with Gasteiger partial charge in [0, 0.05) is 43.6 Å². The van der Waals surface area contributed by atoms with E-state index in [2.05, 4.69) is 9.97 Å². The van der Waals surface area contributed by atoms with Crippen LogP contribution < -0.4 is 0 Å². The molecule has 0 aliphatic rings. The van der Waals surface area contributed by atoms with E-state index in [4.69, 9.17) is 0 Å². The summed E-state index contributed by atoms with van der Waals surface area (Å²) >= 11 is 0. The summed E-state index contributed by atoms with van der Waals surface area (Å²) in [7, 11) is 0. The topological polar surface area (TPSA) is 25.8 Å². The molecule has 0 amide bonds. The van der Waals surface area contributed by atoms with Gasteiger partial charge in [-0.25, -0.2) is 0 Å². The van der Waals surface area contributed by atoms with E-state index in [1.165, 1.54) is 0 Å². The van der Waals surface area contributed by atoms with Gasteiger partial charge in [-0.1, -0.05) is 0 Å². The number of rotatable bonds is 0. The molecule has 0 saturated carbocycles. The molecule has 1 heterocycles. The second kappa shape index (κ2) is 3.85. The van der Waals surface area contributed by atoms with E-state index >= 15 is 0 Å². The van der Waals surface area contributed by atoms with E-state index in [-0.39, 0.29) is 18.9 Å². The summed E-state index contributed by atoms with van der Waals surface area (Å²) in [6.45, 7) is 0. The van der Waals surface area contributed by atoms with Gasteiger partial charge in [0.05, 0.1) is 0 Å². The number of hydrogen-bond donors (Lipinski definition) is 0. The van der Waals surface area contributed by atoms with E-state index in [1.54, 1.807) is 24.8 Å². The summed E-state index contributed by atoms with van der Waals surface area (Å²) < 4.78 is 0. The molecule has 0 atom stereocenters. The van der Waals surface area contributed by atoms with Crippen LogP contribution in [0.4, 0.5) is 0 Å². The molecule has 0 aliphatic carbocycles. The molecule has 7 heavy (non-hydrogen) atoms. The maximum absolute atomic E-state index is 3.72. The van der Waals surface area contributed by atoms with Crippen molar-refractivity contribution in [1.82, 2.24) is 9.97 Å². The Morgan fingerprint density at radius 1 is 0.714 bits per heavy atom. The molecule has 0 aromatic carbocycles. The second-order valence-corrected chi connectivity index (χ2v) is 0.894. The van der Waals surface area contributed by atoms with E-state index in [9.17, 15) is 0 Å². The molecule has 0 spiro atoms. The summed E-state index contributed by atoms with van der Waals surface area (Å²) in [6, 6.07) is 0. The molecule has 1 rings (SSSR count). The fraction of sp³-hybridized carbons (Fsp3) is 0. The van der Waals surface area contributed by atoms with Gasteiger partial charge in [-0.2, -0.15) is 0 Å². The average Bonchev–Trinajstić information content (AvgIpc) is 1.72. The third-order valence-corrected chi connectivity index (χ3v) is 0.478. The van der Waals surface area contributed by atoms with Crippen LogP contribution in [0.2, 0.25) is 0 Å². The molecule has 0 aliphatic heterocycles. The average molecular weight is 87.0 g/mol. The van der Waals surface area contributed by atoms with Gasteiger partial charge in [0.25, 0.3) is 0 Å². The van der Waals surface area contributed by atoms with Crippen molar-refractivity contribution in [3.8, 4) is 0 Å². The zero-order valence-corrected chi connectivity index (χ0v) is 4.20. The van der Waals surface area contributed by atoms with E-state index in [1.807, 2.05) is 0 Å². The van der Waals surface area contributed by atoms with Crippen LogP contribution in [0.25, 0.3) is 0 Å². The SMILES string of the molecule is [Li].c1cnccn1. The number of aromatic nitrogens is 2. The van der Waals surface area contributed by atoms with Gasteiger partial charge in [0.15, 0.2) is 0 Å². The summed E-state index contributed by atoms with van der Waals surface area (Å²) in [5, 5.41) is 0. The van der Waals surface area contributed by atoms with Crippen molar-refractivity contribution in [3.05, 3.63) is 24.8 Å². The number of nitrogens with zero attached hydrogens (tertiary/aromatic N) is 2. The van der Waals surface area contributed by atoms with Crippen LogP contribution in [0.1, 0.15) is 0 Å². The van der Waals surface area contributed by atoms with Crippen molar-refractivity contribution in [1.29, 1.82) is 0 Å². The minimum atomic E-state index is 0. The molecule has 31 valence electrons. The van der Waals surface area contributed by atoms with Crippen LogP contribution in [-0.2, 0) is 0 Å². The van der Waals surface area contributed by atoms with Crippen molar-refractivity contribution in [2.24, 2.45) is 0 Å². The molecule has 2 nitrogen and oxygen atoms in total. The number of hydrogen-bond acceptors (Lipinski definition) is 2. The maximum atomic E-state index is 3.72. The maximum Gasteiger partial charge on any atom is 0.0451 e.